The van der Waals surface area contributed by atoms with Gasteiger partial charge in [0, 0.05) is 6.42 Å². The molecule has 17 heavy (non-hydrogen) atoms. The summed E-state index contributed by atoms with van der Waals surface area (Å²) in [4.78, 5) is 10.7. The van der Waals surface area contributed by atoms with E-state index in [4.69, 9.17) is 15.1 Å². The summed E-state index contributed by atoms with van der Waals surface area (Å²) in [6, 6.07) is 7.07. The number of ether oxygens (including phenoxy) is 1. The van der Waals surface area contributed by atoms with Crippen LogP contribution >= 0.6 is 0 Å². The number of carbonyl (C=O) groups is 1. The molecule has 2 rings (SSSR count). The van der Waals surface area contributed by atoms with Crippen LogP contribution in [0.3, 0.4) is 0 Å². The highest BCUT2D eigenvalue weighted by molar-refractivity contribution is 5.96. The van der Waals surface area contributed by atoms with Crippen LogP contribution in [-0.2, 0) is 11.2 Å². The van der Waals surface area contributed by atoms with Crippen LogP contribution in [0.4, 0.5) is 0 Å². The first kappa shape index (κ1) is 11.2. The lowest BCUT2D eigenvalue weighted by atomic mass is 10.1. The fourth-order valence-electron chi connectivity index (χ4n) is 1.84. The third-order valence-corrected chi connectivity index (χ3v) is 2.58. The number of fused-ring (bicyclic) bond motifs is 1. The number of hydrogen-bond donors (Lipinski definition) is 1. The molecule has 1 N–H and O–H groups in total. The van der Waals surface area contributed by atoms with E-state index >= 15 is 0 Å². The minimum Gasteiger partial charge on any atom is -0.490 e. The van der Waals surface area contributed by atoms with Crippen LogP contribution in [0, 0.1) is 11.3 Å². The lowest BCUT2D eigenvalue weighted by Gasteiger charge is -2.02. The average Bonchev–Trinajstić information content (AvgIpc) is 2.64. The van der Waals surface area contributed by atoms with Gasteiger partial charge in [-0.05, 0) is 36.3 Å². The van der Waals surface area contributed by atoms with Crippen molar-refractivity contribution in [1.29, 1.82) is 5.26 Å². The minimum absolute atomic E-state index is 0.152. The number of hydrogen-bond acceptors (Lipinski definition) is 3. The van der Waals surface area contributed by atoms with Crippen molar-refractivity contribution in [2.45, 2.75) is 19.4 Å². The molecule has 1 heterocycles. The first-order valence-corrected chi connectivity index (χ1v) is 5.25. The van der Waals surface area contributed by atoms with Gasteiger partial charge in [0.15, 0.2) is 0 Å². The smallest absolute Gasteiger partial charge is 0.346 e. The summed E-state index contributed by atoms with van der Waals surface area (Å²) in [5.41, 5.74) is 1.49. The zero-order chi connectivity index (χ0) is 12.4. The lowest BCUT2D eigenvalue weighted by Crippen LogP contribution is -2.05. The zero-order valence-electron chi connectivity index (χ0n) is 9.30. The van der Waals surface area contributed by atoms with Crippen molar-refractivity contribution < 1.29 is 14.6 Å². The molecule has 0 saturated carbocycles. The Kier molecular flexibility index (Phi) is 2.84. The number of nitrogens with zero attached hydrogens (tertiary/aromatic N) is 1. The summed E-state index contributed by atoms with van der Waals surface area (Å²) in [6.07, 6.45) is 2.33. The highest BCUT2D eigenvalue weighted by atomic mass is 16.5. The van der Waals surface area contributed by atoms with Crippen LogP contribution in [0.1, 0.15) is 18.1 Å². The SMILES string of the molecule is CC1Cc2cc(/C=C(/C#N)C(=O)O)ccc2O1. The van der Waals surface area contributed by atoms with Gasteiger partial charge in [0.1, 0.15) is 23.5 Å². The predicted octanol–water partition coefficient (Wildman–Crippen LogP) is 2.00. The van der Waals surface area contributed by atoms with Gasteiger partial charge in [-0.3, -0.25) is 0 Å². The van der Waals surface area contributed by atoms with Crippen molar-refractivity contribution >= 4 is 12.0 Å². The van der Waals surface area contributed by atoms with Crippen LogP contribution in [0.15, 0.2) is 23.8 Å². The van der Waals surface area contributed by atoms with Crippen LogP contribution in [-0.4, -0.2) is 17.2 Å². The summed E-state index contributed by atoms with van der Waals surface area (Å²) in [7, 11) is 0. The van der Waals surface area contributed by atoms with Gasteiger partial charge in [-0.15, -0.1) is 0 Å². The van der Waals surface area contributed by atoms with Crippen LogP contribution in [0.5, 0.6) is 5.75 Å². The van der Waals surface area contributed by atoms with E-state index in [0.717, 1.165) is 17.7 Å². The number of carboxylic acid groups (broad SMARTS) is 1. The molecule has 0 radical (unpaired) electrons. The van der Waals surface area contributed by atoms with Gasteiger partial charge >= 0.3 is 5.97 Å². The van der Waals surface area contributed by atoms with Gasteiger partial charge in [-0.1, -0.05) is 6.07 Å². The lowest BCUT2D eigenvalue weighted by molar-refractivity contribution is -0.132. The number of rotatable bonds is 2. The maximum absolute atomic E-state index is 10.7. The van der Waals surface area contributed by atoms with E-state index in [1.165, 1.54) is 6.08 Å². The molecule has 4 nitrogen and oxygen atoms in total. The van der Waals surface area contributed by atoms with E-state index in [-0.39, 0.29) is 11.7 Å². The van der Waals surface area contributed by atoms with Crippen LogP contribution < -0.4 is 4.74 Å². The fraction of sp³-hybridized carbons (Fsp3) is 0.231. The summed E-state index contributed by atoms with van der Waals surface area (Å²) >= 11 is 0. The molecular weight excluding hydrogens is 218 g/mol. The van der Waals surface area contributed by atoms with E-state index in [1.807, 2.05) is 19.1 Å². The van der Waals surface area contributed by atoms with Gasteiger partial charge in [0.2, 0.25) is 0 Å². The molecular formula is C13H11NO3. The number of nitriles is 1. The van der Waals surface area contributed by atoms with E-state index in [9.17, 15) is 4.79 Å². The quantitative estimate of drug-likeness (QED) is 0.622. The molecule has 4 heteroatoms. The number of aliphatic carboxylic acids is 1. The summed E-state index contributed by atoms with van der Waals surface area (Å²) < 4.78 is 5.54. The Balaban J connectivity index is 2.34. The monoisotopic (exact) mass is 229 g/mol. The Bertz CT molecular complexity index is 540. The summed E-state index contributed by atoms with van der Waals surface area (Å²) in [5.74, 6) is -0.374. The normalized spacial score (nSPS) is 18.1. The largest absolute Gasteiger partial charge is 0.490 e. The Morgan fingerprint density at radius 1 is 1.65 bits per heavy atom. The Labute approximate surface area is 98.8 Å². The molecule has 0 fully saturated rings. The fourth-order valence-corrected chi connectivity index (χ4v) is 1.84. The second-order valence-electron chi connectivity index (χ2n) is 3.97. The third kappa shape index (κ3) is 2.28. The van der Waals surface area contributed by atoms with Crippen molar-refractivity contribution in [3.05, 3.63) is 34.9 Å². The van der Waals surface area contributed by atoms with Crippen molar-refractivity contribution in [2.75, 3.05) is 0 Å². The van der Waals surface area contributed by atoms with Crippen molar-refractivity contribution in [3.8, 4) is 11.8 Å². The molecule has 1 unspecified atom stereocenters. The standard InChI is InChI=1S/C13H11NO3/c1-8-4-10-5-9(2-3-12(10)17-8)6-11(7-14)13(15)16/h2-3,5-6,8H,4H2,1H3,(H,15,16)/b11-6-. The van der Waals surface area contributed by atoms with Gasteiger partial charge < -0.3 is 9.84 Å². The van der Waals surface area contributed by atoms with Gasteiger partial charge in [0.05, 0.1) is 0 Å². The molecule has 1 aliphatic rings. The molecule has 1 aromatic carbocycles. The van der Waals surface area contributed by atoms with Crippen molar-refractivity contribution in [1.82, 2.24) is 0 Å². The molecule has 0 saturated heterocycles. The molecule has 0 aromatic heterocycles. The van der Waals surface area contributed by atoms with Crippen molar-refractivity contribution in [3.63, 3.8) is 0 Å². The van der Waals surface area contributed by atoms with Gasteiger partial charge in [-0.2, -0.15) is 5.26 Å². The topological polar surface area (TPSA) is 70.3 Å². The second kappa shape index (κ2) is 4.30. The van der Waals surface area contributed by atoms with E-state index in [1.54, 1.807) is 12.1 Å². The zero-order valence-corrected chi connectivity index (χ0v) is 9.30. The number of benzene rings is 1. The molecule has 1 atom stereocenters. The van der Waals surface area contributed by atoms with Crippen molar-refractivity contribution in [2.24, 2.45) is 0 Å². The summed E-state index contributed by atoms with van der Waals surface area (Å²) in [5, 5.41) is 17.4. The summed E-state index contributed by atoms with van der Waals surface area (Å²) in [6.45, 7) is 1.98. The van der Waals surface area contributed by atoms with E-state index in [2.05, 4.69) is 0 Å². The first-order chi connectivity index (χ1) is 8.10. The molecule has 86 valence electrons. The van der Waals surface area contributed by atoms with Crippen LogP contribution in [0.2, 0.25) is 0 Å². The first-order valence-electron chi connectivity index (χ1n) is 5.25. The Morgan fingerprint density at radius 2 is 2.41 bits per heavy atom. The predicted molar refractivity (Wildman–Crippen MR) is 61.5 cm³/mol. The molecule has 0 amide bonds. The van der Waals surface area contributed by atoms with E-state index in [0.29, 0.717) is 5.56 Å². The number of carboxylic acids is 1. The Morgan fingerprint density at radius 3 is 3.06 bits per heavy atom. The Hall–Kier alpha value is -2.28. The van der Waals surface area contributed by atoms with Gasteiger partial charge in [-0.25, -0.2) is 4.79 Å². The second-order valence-corrected chi connectivity index (χ2v) is 3.97. The van der Waals surface area contributed by atoms with Crippen LogP contribution in [0.25, 0.3) is 6.08 Å². The maximum Gasteiger partial charge on any atom is 0.346 e. The highest BCUT2D eigenvalue weighted by Crippen LogP contribution is 2.29. The van der Waals surface area contributed by atoms with Gasteiger partial charge in [0.25, 0.3) is 0 Å². The van der Waals surface area contributed by atoms with E-state index < -0.39 is 5.97 Å². The molecule has 0 bridgehead atoms. The molecule has 1 aliphatic heterocycles. The highest BCUT2D eigenvalue weighted by Gasteiger charge is 2.18. The molecule has 0 aliphatic carbocycles. The average molecular weight is 229 g/mol. The molecule has 0 spiro atoms. The maximum atomic E-state index is 10.7. The minimum atomic E-state index is -1.21. The third-order valence-electron chi connectivity index (χ3n) is 2.58. The molecule has 1 aromatic rings.